The number of benzene rings is 1. The molecule has 0 aromatic heterocycles. The van der Waals surface area contributed by atoms with Gasteiger partial charge in [-0.2, -0.15) is 0 Å². The summed E-state index contributed by atoms with van der Waals surface area (Å²) in [5, 5.41) is 0. The van der Waals surface area contributed by atoms with E-state index in [0.717, 1.165) is 25.0 Å². The maximum atomic E-state index is 14.0. The number of esters is 1. The minimum absolute atomic E-state index is 0.0301. The SMILES string of the molecule is CC(=O)OCCN(CC1CCCC(/C=C(\N)c2c(F)cccc2F)=C1N)C(C)=O. The van der Waals surface area contributed by atoms with Crippen molar-refractivity contribution < 1.29 is 23.1 Å². The van der Waals surface area contributed by atoms with Crippen molar-refractivity contribution in [2.24, 2.45) is 17.4 Å². The number of amides is 1. The van der Waals surface area contributed by atoms with E-state index < -0.39 is 17.6 Å². The lowest BCUT2D eigenvalue weighted by molar-refractivity contribution is -0.143. The smallest absolute Gasteiger partial charge is 0.302 e. The van der Waals surface area contributed by atoms with Gasteiger partial charge in [-0.15, -0.1) is 0 Å². The topological polar surface area (TPSA) is 98.7 Å². The first-order chi connectivity index (χ1) is 13.7. The number of hydrogen-bond acceptors (Lipinski definition) is 5. The second-order valence-corrected chi connectivity index (χ2v) is 7.07. The van der Waals surface area contributed by atoms with Crippen LogP contribution in [0.5, 0.6) is 0 Å². The Kier molecular flexibility index (Phi) is 7.75. The van der Waals surface area contributed by atoms with Crippen molar-refractivity contribution in [3.8, 4) is 0 Å². The predicted octanol–water partition coefficient (Wildman–Crippen LogP) is 2.69. The molecule has 8 heteroatoms. The third-order valence-corrected chi connectivity index (χ3v) is 4.94. The lowest BCUT2D eigenvalue weighted by atomic mass is 9.86. The van der Waals surface area contributed by atoms with Gasteiger partial charge < -0.3 is 21.1 Å². The van der Waals surface area contributed by atoms with Crippen LogP contribution < -0.4 is 11.5 Å². The van der Waals surface area contributed by atoms with E-state index in [-0.39, 0.29) is 36.2 Å². The molecule has 0 aliphatic heterocycles. The first kappa shape index (κ1) is 22.4. The maximum absolute atomic E-state index is 14.0. The van der Waals surface area contributed by atoms with Crippen LogP contribution in [0.15, 0.2) is 35.5 Å². The average Bonchev–Trinajstić information content (AvgIpc) is 2.63. The number of halogens is 2. The summed E-state index contributed by atoms with van der Waals surface area (Å²) in [5.41, 5.74) is 13.2. The van der Waals surface area contributed by atoms with Crippen molar-refractivity contribution in [1.82, 2.24) is 4.90 Å². The molecule has 1 aliphatic carbocycles. The number of nitrogens with two attached hydrogens (primary N) is 2. The Morgan fingerprint density at radius 2 is 1.93 bits per heavy atom. The van der Waals surface area contributed by atoms with Gasteiger partial charge in [0.1, 0.15) is 18.2 Å². The van der Waals surface area contributed by atoms with Gasteiger partial charge in [0.25, 0.3) is 0 Å². The molecule has 4 N–H and O–H groups in total. The summed E-state index contributed by atoms with van der Waals surface area (Å²) in [4.78, 5) is 24.4. The van der Waals surface area contributed by atoms with Crippen molar-refractivity contribution in [3.63, 3.8) is 0 Å². The van der Waals surface area contributed by atoms with Crippen LogP contribution in [0.4, 0.5) is 8.78 Å². The summed E-state index contributed by atoms with van der Waals surface area (Å²) < 4.78 is 32.9. The quantitative estimate of drug-likeness (QED) is 0.677. The zero-order valence-electron chi connectivity index (χ0n) is 16.7. The molecule has 1 amide bonds. The second kappa shape index (κ2) is 10.0. The molecule has 158 valence electrons. The van der Waals surface area contributed by atoms with E-state index in [4.69, 9.17) is 16.2 Å². The second-order valence-electron chi connectivity index (χ2n) is 7.07. The van der Waals surface area contributed by atoms with Gasteiger partial charge in [-0.3, -0.25) is 9.59 Å². The third kappa shape index (κ3) is 6.04. The largest absolute Gasteiger partial charge is 0.464 e. The van der Waals surface area contributed by atoms with Crippen LogP contribution in [-0.4, -0.2) is 36.5 Å². The molecule has 2 rings (SSSR count). The fourth-order valence-corrected chi connectivity index (χ4v) is 3.42. The Morgan fingerprint density at radius 3 is 2.52 bits per heavy atom. The van der Waals surface area contributed by atoms with Crippen LogP contribution in [0.1, 0.15) is 38.7 Å². The van der Waals surface area contributed by atoms with Crippen molar-refractivity contribution in [2.45, 2.75) is 33.1 Å². The zero-order valence-corrected chi connectivity index (χ0v) is 16.7. The summed E-state index contributed by atoms with van der Waals surface area (Å²) in [6.07, 6.45) is 3.72. The minimum Gasteiger partial charge on any atom is -0.464 e. The van der Waals surface area contributed by atoms with Gasteiger partial charge in [0.15, 0.2) is 0 Å². The van der Waals surface area contributed by atoms with Gasteiger partial charge in [-0.25, -0.2) is 8.78 Å². The van der Waals surface area contributed by atoms with Crippen LogP contribution in [0.25, 0.3) is 5.70 Å². The number of carbonyl (C=O) groups excluding carboxylic acids is 2. The van der Waals surface area contributed by atoms with Crippen molar-refractivity contribution >= 4 is 17.6 Å². The zero-order chi connectivity index (χ0) is 21.6. The standard InChI is InChI=1S/C21H27F2N3O3/c1-13(27)26(9-10-29-14(2)28)12-16-6-3-5-15(21(16)25)11-19(24)20-17(22)7-4-8-18(20)23/h4,7-8,11,16H,3,5-6,9-10,12,24-25H2,1-2H3/b19-11-. The van der Waals surface area contributed by atoms with Crippen LogP contribution in [0.3, 0.4) is 0 Å². The summed E-state index contributed by atoms with van der Waals surface area (Å²) in [5.74, 6) is -2.15. The fourth-order valence-electron chi connectivity index (χ4n) is 3.42. The fraction of sp³-hybridized carbons (Fsp3) is 0.429. The molecular weight excluding hydrogens is 380 g/mol. The van der Waals surface area contributed by atoms with E-state index in [9.17, 15) is 18.4 Å². The van der Waals surface area contributed by atoms with Crippen LogP contribution in [0, 0.1) is 17.6 Å². The molecule has 1 aromatic rings. The lowest BCUT2D eigenvalue weighted by Crippen LogP contribution is -2.39. The lowest BCUT2D eigenvalue weighted by Gasteiger charge is -2.30. The van der Waals surface area contributed by atoms with Gasteiger partial charge in [0.2, 0.25) is 5.91 Å². The Hall–Kier alpha value is -2.90. The average molecular weight is 407 g/mol. The Balaban J connectivity index is 2.20. The molecule has 0 saturated carbocycles. The first-order valence-corrected chi connectivity index (χ1v) is 9.49. The van der Waals surface area contributed by atoms with E-state index in [1.54, 1.807) is 4.90 Å². The summed E-state index contributed by atoms with van der Waals surface area (Å²) >= 11 is 0. The van der Waals surface area contributed by atoms with E-state index in [1.807, 2.05) is 0 Å². The van der Waals surface area contributed by atoms with Gasteiger partial charge >= 0.3 is 5.97 Å². The highest BCUT2D eigenvalue weighted by Crippen LogP contribution is 2.30. The molecule has 0 heterocycles. The normalized spacial score (nSPS) is 17.2. The Labute approximate surface area is 169 Å². The molecule has 0 fully saturated rings. The molecule has 1 atom stereocenters. The number of rotatable bonds is 7. The molecule has 6 nitrogen and oxygen atoms in total. The monoisotopic (exact) mass is 407 g/mol. The minimum atomic E-state index is -0.737. The Bertz CT molecular complexity index is 816. The molecule has 0 spiro atoms. The van der Waals surface area contributed by atoms with Crippen molar-refractivity contribution in [3.05, 3.63) is 52.7 Å². The molecule has 1 aliphatic rings. The molecule has 29 heavy (non-hydrogen) atoms. The summed E-state index contributed by atoms with van der Waals surface area (Å²) in [6.45, 7) is 3.50. The van der Waals surface area contributed by atoms with Crippen molar-refractivity contribution in [2.75, 3.05) is 19.7 Å². The number of carbonyl (C=O) groups is 2. The molecule has 1 unspecified atom stereocenters. The molecular formula is C21H27F2N3O3. The number of allylic oxidation sites excluding steroid dienone is 2. The van der Waals surface area contributed by atoms with Gasteiger partial charge in [0.05, 0.1) is 12.1 Å². The molecule has 1 aromatic carbocycles. The number of ether oxygens (including phenoxy) is 1. The first-order valence-electron chi connectivity index (χ1n) is 9.49. The third-order valence-electron chi connectivity index (χ3n) is 4.94. The molecule has 0 bridgehead atoms. The highest BCUT2D eigenvalue weighted by atomic mass is 19.1. The van der Waals surface area contributed by atoms with E-state index in [1.165, 1.54) is 26.0 Å². The highest BCUT2D eigenvalue weighted by molar-refractivity contribution is 5.73. The Morgan fingerprint density at radius 1 is 1.28 bits per heavy atom. The van der Waals surface area contributed by atoms with Crippen LogP contribution >= 0.6 is 0 Å². The molecule has 0 saturated heterocycles. The van der Waals surface area contributed by atoms with E-state index in [0.29, 0.717) is 24.2 Å². The summed E-state index contributed by atoms with van der Waals surface area (Å²) in [7, 11) is 0. The van der Waals surface area contributed by atoms with Gasteiger partial charge in [0, 0.05) is 37.7 Å². The number of nitrogens with zero attached hydrogens (tertiary/aromatic N) is 1. The van der Waals surface area contributed by atoms with Gasteiger partial charge in [-0.1, -0.05) is 6.07 Å². The van der Waals surface area contributed by atoms with Crippen LogP contribution in [-0.2, 0) is 14.3 Å². The van der Waals surface area contributed by atoms with Gasteiger partial charge in [-0.05, 0) is 43.0 Å². The van der Waals surface area contributed by atoms with Crippen molar-refractivity contribution in [1.29, 1.82) is 0 Å². The van der Waals surface area contributed by atoms with E-state index >= 15 is 0 Å². The van der Waals surface area contributed by atoms with E-state index in [2.05, 4.69) is 0 Å². The van der Waals surface area contributed by atoms with Crippen LogP contribution in [0.2, 0.25) is 0 Å². The predicted molar refractivity (Wildman–Crippen MR) is 106 cm³/mol. The number of hydrogen-bond donors (Lipinski definition) is 2. The maximum Gasteiger partial charge on any atom is 0.302 e. The molecule has 0 radical (unpaired) electrons. The summed E-state index contributed by atoms with van der Waals surface area (Å²) in [6, 6.07) is 3.57. The highest BCUT2D eigenvalue weighted by Gasteiger charge is 2.24.